The average Bonchev–Trinajstić information content (AvgIpc) is 2.69. The van der Waals surface area contributed by atoms with Crippen molar-refractivity contribution in [2.24, 2.45) is 11.0 Å². The normalized spacial score (nSPS) is 27.4. The maximum absolute atomic E-state index is 13.7. The molecule has 1 aliphatic heterocycles. The molecule has 1 amide bonds. The van der Waals surface area contributed by atoms with Gasteiger partial charge in [-0.2, -0.15) is 23.3 Å². The van der Waals surface area contributed by atoms with Crippen molar-refractivity contribution in [3.05, 3.63) is 35.9 Å². The number of amides is 1. The third kappa shape index (κ3) is 2.81. The molecule has 24 heavy (non-hydrogen) atoms. The Morgan fingerprint density at radius 1 is 1.25 bits per heavy atom. The number of hydrazone groups is 1. The van der Waals surface area contributed by atoms with Gasteiger partial charge in [0.15, 0.2) is 0 Å². The van der Waals surface area contributed by atoms with E-state index in [0.717, 1.165) is 12.8 Å². The lowest BCUT2D eigenvalue weighted by Crippen LogP contribution is -2.61. The third-order valence-electron chi connectivity index (χ3n) is 4.72. The first-order valence-corrected chi connectivity index (χ1v) is 8.07. The molecule has 1 fully saturated rings. The van der Waals surface area contributed by atoms with Crippen LogP contribution < -0.4 is 0 Å². The van der Waals surface area contributed by atoms with E-state index in [9.17, 15) is 23.1 Å². The van der Waals surface area contributed by atoms with Crippen molar-refractivity contribution in [2.45, 2.75) is 50.4 Å². The molecule has 1 aromatic carbocycles. The molecule has 3 rings (SSSR count). The van der Waals surface area contributed by atoms with Crippen molar-refractivity contribution in [1.82, 2.24) is 5.01 Å². The number of rotatable bonds is 2. The van der Waals surface area contributed by atoms with Gasteiger partial charge in [-0.3, -0.25) is 4.79 Å². The molecular weight excluding hydrogens is 321 g/mol. The minimum absolute atomic E-state index is 0.184. The van der Waals surface area contributed by atoms with Crippen LogP contribution in [-0.4, -0.2) is 33.6 Å². The lowest BCUT2D eigenvalue weighted by atomic mass is 9.87. The number of carbonyl (C=O) groups is 1. The Morgan fingerprint density at radius 3 is 2.62 bits per heavy atom. The van der Waals surface area contributed by atoms with Crippen molar-refractivity contribution < 1.29 is 23.1 Å². The van der Waals surface area contributed by atoms with E-state index in [1.165, 1.54) is 0 Å². The minimum Gasteiger partial charge on any atom is -0.362 e. The van der Waals surface area contributed by atoms with Gasteiger partial charge in [0, 0.05) is 5.71 Å². The van der Waals surface area contributed by atoms with Crippen molar-refractivity contribution in [3.63, 3.8) is 0 Å². The van der Waals surface area contributed by atoms with Crippen molar-refractivity contribution in [2.75, 3.05) is 0 Å². The average molecular weight is 340 g/mol. The monoisotopic (exact) mass is 340 g/mol. The molecule has 1 N–H and O–H groups in total. The van der Waals surface area contributed by atoms with E-state index in [4.69, 9.17) is 0 Å². The van der Waals surface area contributed by atoms with E-state index < -0.39 is 23.7 Å². The summed E-state index contributed by atoms with van der Waals surface area (Å²) in [7, 11) is 0. The standard InChI is InChI=1S/C17H19F3N2O2/c18-17(19,20)16(24)13-9-5-2-6-10-14(13)21-22(16)15(23)11-12-7-3-1-4-8-12/h1,3-4,7-8,13,24H,2,5-6,9-11H2/t13-,16+/m0/s1. The molecule has 0 unspecified atom stereocenters. The van der Waals surface area contributed by atoms with Crippen LogP contribution in [0.4, 0.5) is 13.2 Å². The van der Waals surface area contributed by atoms with Crippen LogP contribution in [0.15, 0.2) is 35.4 Å². The summed E-state index contributed by atoms with van der Waals surface area (Å²) in [6.07, 6.45) is -2.50. The fraction of sp³-hybridized carbons (Fsp3) is 0.529. The van der Waals surface area contributed by atoms with E-state index in [1.54, 1.807) is 30.3 Å². The van der Waals surface area contributed by atoms with Crippen molar-refractivity contribution in [3.8, 4) is 0 Å². The second-order valence-electron chi connectivity index (χ2n) is 6.34. The van der Waals surface area contributed by atoms with E-state index in [2.05, 4.69) is 5.10 Å². The van der Waals surface area contributed by atoms with Gasteiger partial charge in [0.2, 0.25) is 5.91 Å². The molecule has 0 saturated heterocycles. The van der Waals surface area contributed by atoms with Gasteiger partial charge in [-0.15, -0.1) is 0 Å². The molecule has 0 bridgehead atoms. The molecule has 0 radical (unpaired) electrons. The number of hydrogen-bond acceptors (Lipinski definition) is 3. The molecule has 7 heteroatoms. The molecule has 1 aromatic rings. The second kappa shape index (κ2) is 6.20. The molecule has 4 nitrogen and oxygen atoms in total. The molecule has 130 valence electrons. The number of halogens is 3. The van der Waals surface area contributed by atoms with Crippen LogP contribution in [0.1, 0.15) is 37.7 Å². The quantitative estimate of drug-likeness (QED) is 0.898. The Balaban J connectivity index is 1.93. The van der Waals surface area contributed by atoms with Crippen LogP contribution >= 0.6 is 0 Å². The summed E-state index contributed by atoms with van der Waals surface area (Å²) < 4.78 is 41.0. The number of hydrogen-bond donors (Lipinski definition) is 1. The summed E-state index contributed by atoms with van der Waals surface area (Å²) in [4.78, 5) is 12.5. The Labute approximate surface area is 138 Å². The van der Waals surface area contributed by atoms with Crippen LogP contribution in [0.5, 0.6) is 0 Å². The molecule has 0 spiro atoms. The van der Waals surface area contributed by atoms with Crippen molar-refractivity contribution in [1.29, 1.82) is 0 Å². The van der Waals surface area contributed by atoms with Gasteiger partial charge >= 0.3 is 6.18 Å². The zero-order chi connectivity index (χ0) is 17.4. The molecule has 1 heterocycles. The maximum atomic E-state index is 13.7. The summed E-state index contributed by atoms with van der Waals surface area (Å²) in [6, 6.07) is 8.49. The van der Waals surface area contributed by atoms with Gasteiger partial charge in [0.05, 0.1) is 12.3 Å². The molecule has 1 aliphatic carbocycles. The van der Waals surface area contributed by atoms with Crippen LogP contribution in [0.25, 0.3) is 0 Å². The van der Waals surface area contributed by atoms with Gasteiger partial charge < -0.3 is 5.11 Å². The minimum atomic E-state index is -4.96. The van der Waals surface area contributed by atoms with Crippen molar-refractivity contribution >= 4 is 11.6 Å². The topological polar surface area (TPSA) is 52.9 Å². The first-order valence-electron chi connectivity index (χ1n) is 8.07. The fourth-order valence-corrected chi connectivity index (χ4v) is 3.49. The first kappa shape index (κ1) is 17.0. The van der Waals surface area contributed by atoms with Crippen LogP contribution in [-0.2, 0) is 11.2 Å². The van der Waals surface area contributed by atoms with E-state index in [-0.39, 0.29) is 23.6 Å². The Bertz CT molecular complexity index is 645. The van der Waals surface area contributed by atoms with Gasteiger partial charge in [0.25, 0.3) is 5.72 Å². The molecule has 2 aliphatic rings. The highest BCUT2D eigenvalue weighted by atomic mass is 19.4. The number of carbonyl (C=O) groups excluding carboxylic acids is 1. The van der Waals surface area contributed by atoms with E-state index in [1.807, 2.05) is 0 Å². The summed E-state index contributed by atoms with van der Waals surface area (Å²) in [5.74, 6) is -2.01. The number of alkyl halides is 3. The van der Waals surface area contributed by atoms with Crippen LogP contribution in [0.3, 0.4) is 0 Å². The number of fused-ring (bicyclic) bond motifs is 1. The highest BCUT2D eigenvalue weighted by molar-refractivity contribution is 5.93. The Kier molecular flexibility index (Phi) is 4.38. The SMILES string of the molecule is O=C(Cc1ccccc1)N1N=C2CCCCC[C@@H]2[C@@]1(O)C(F)(F)F. The Hall–Kier alpha value is -1.89. The van der Waals surface area contributed by atoms with Gasteiger partial charge in [-0.25, -0.2) is 0 Å². The third-order valence-corrected chi connectivity index (χ3v) is 4.72. The lowest BCUT2D eigenvalue weighted by Gasteiger charge is -2.37. The summed E-state index contributed by atoms with van der Waals surface area (Å²) in [5, 5.41) is 14.7. The van der Waals surface area contributed by atoms with Crippen LogP contribution in [0.2, 0.25) is 0 Å². The van der Waals surface area contributed by atoms with E-state index >= 15 is 0 Å². The predicted molar refractivity (Wildman–Crippen MR) is 82.0 cm³/mol. The summed E-state index contributed by atoms with van der Waals surface area (Å²) in [5.41, 5.74) is -2.37. The smallest absolute Gasteiger partial charge is 0.362 e. The highest BCUT2D eigenvalue weighted by Gasteiger charge is 2.68. The molecule has 0 aromatic heterocycles. The number of nitrogens with zero attached hydrogens (tertiary/aromatic N) is 2. The largest absolute Gasteiger partial charge is 0.439 e. The second-order valence-corrected chi connectivity index (χ2v) is 6.34. The number of aliphatic hydroxyl groups is 1. The maximum Gasteiger partial charge on any atom is 0.439 e. The van der Waals surface area contributed by atoms with Crippen LogP contribution in [0, 0.1) is 5.92 Å². The summed E-state index contributed by atoms with van der Waals surface area (Å²) in [6.45, 7) is 0. The molecular formula is C17H19F3N2O2. The zero-order valence-corrected chi connectivity index (χ0v) is 13.1. The summed E-state index contributed by atoms with van der Waals surface area (Å²) >= 11 is 0. The predicted octanol–water partition coefficient (Wildman–Crippen LogP) is 3.26. The molecule has 1 saturated carbocycles. The highest BCUT2D eigenvalue weighted by Crippen LogP contribution is 2.47. The number of benzene rings is 1. The van der Waals surface area contributed by atoms with Gasteiger partial charge in [-0.05, 0) is 24.8 Å². The van der Waals surface area contributed by atoms with Gasteiger partial charge in [-0.1, -0.05) is 43.2 Å². The first-order chi connectivity index (χ1) is 11.3. The zero-order valence-electron chi connectivity index (χ0n) is 13.1. The lowest BCUT2D eigenvalue weighted by molar-refractivity contribution is -0.316. The molecule has 2 atom stereocenters. The van der Waals surface area contributed by atoms with E-state index in [0.29, 0.717) is 18.4 Å². The Morgan fingerprint density at radius 2 is 1.96 bits per heavy atom. The van der Waals surface area contributed by atoms with Gasteiger partial charge in [0.1, 0.15) is 0 Å². The fourth-order valence-electron chi connectivity index (χ4n) is 3.49.